The second kappa shape index (κ2) is 5.74. The third-order valence-electron chi connectivity index (χ3n) is 4.64. The van der Waals surface area contributed by atoms with Crippen LogP contribution in [0.25, 0.3) is 11.0 Å². The van der Waals surface area contributed by atoms with Crippen LogP contribution in [0.1, 0.15) is 24.8 Å². The van der Waals surface area contributed by atoms with Crippen molar-refractivity contribution in [2.24, 2.45) is 5.92 Å². The number of carbonyl (C=O) groups excluding carboxylic acids is 1. The number of hydrogen-bond acceptors (Lipinski definition) is 2. The number of nitrogens with one attached hydrogen (secondary N) is 1. The molecular formula is C19H18FN3O. The zero-order valence-electron chi connectivity index (χ0n) is 13.4. The maximum absolute atomic E-state index is 13.9. The van der Waals surface area contributed by atoms with Crippen LogP contribution in [0.5, 0.6) is 0 Å². The Morgan fingerprint density at radius 3 is 2.79 bits per heavy atom. The van der Waals surface area contributed by atoms with Crippen LogP contribution in [-0.4, -0.2) is 15.5 Å². The minimum absolute atomic E-state index is 0.0364. The fourth-order valence-corrected chi connectivity index (χ4v) is 3.30. The first kappa shape index (κ1) is 14.9. The highest BCUT2D eigenvalue weighted by Gasteiger charge is 2.45. The molecule has 0 bridgehead atoms. The number of halogens is 1. The highest BCUT2D eigenvalue weighted by molar-refractivity contribution is 5.95. The molecule has 1 aliphatic rings. The van der Waals surface area contributed by atoms with Crippen LogP contribution in [0, 0.1) is 11.7 Å². The van der Waals surface area contributed by atoms with Crippen molar-refractivity contribution >= 4 is 22.9 Å². The number of rotatable bonds is 4. The van der Waals surface area contributed by atoms with Gasteiger partial charge in [0.2, 0.25) is 11.9 Å². The quantitative estimate of drug-likeness (QED) is 0.790. The summed E-state index contributed by atoms with van der Waals surface area (Å²) in [5.41, 5.74) is 2.48. The number of para-hydroxylation sites is 2. The van der Waals surface area contributed by atoms with Gasteiger partial charge in [0.05, 0.1) is 11.0 Å². The van der Waals surface area contributed by atoms with Crippen molar-refractivity contribution in [2.45, 2.75) is 25.8 Å². The van der Waals surface area contributed by atoms with E-state index in [4.69, 9.17) is 0 Å². The summed E-state index contributed by atoms with van der Waals surface area (Å²) in [6, 6.07) is 14.5. The topological polar surface area (TPSA) is 46.9 Å². The van der Waals surface area contributed by atoms with E-state index in [-0.39, 0.29) is 23.6 Å². The molecule has 0 spiro atoms. The molecule has 1 aliphatic carbocycles. The van der Waals surface area contributed by atoms with Gasteiger partial charge in [-0.05, 0) is 43.0 Å². The predicted molar refractivity (Wildman–Crippen MR) is 91.3 cm³/mol. The third kappa shape index (κ3) is 2.46. The van der Waals surface area contributed by atoms with Crippen molar-refractivity contribution in [3.8, 4) is 0 Å². The molecule has 24 heavy (non-hydrogen) atoms. The summed E-state index contributed by atoms with van der Waals surface area (Å²) in [6.45, 7) is 2.74. The lowest BCUT2D eigenvalue weighted by Crippen LogP contribution is -2.18. The second-order valence-corrected chi connectivity index (χ2v) is 6.13. The Kier molecular flexibility index (Phi) is 3.56. The highest BCUT2D eigenvalue weighted by atomic mass is 19.1. The van der Waals surface area contributed by atoms with Gasteiger partial charge in [-0.3, -0.25) is 10.1 Å². The first-order chi connectivity index (χ1) is 11.7. The van der Waals surface area contributed by atoms with E-state index in [0.29, 0.717) is 17.9 Å². The Balaban J connectivity index is 1.55. The summed E-state index contributed by atoms with van der Waals surface area (Å²) >= 11 is 0. The normalized spacial score (nSPS) is 19.4. The van der Waals surface area contributed by atoms with E-state index in [1.807, 2.05) is 41.8 Å². The fourth-order valence-electron chi connectivity index (χ4n) is 3.30. The highest BCUT2D eigenvalue weighted by Crippen LogP contribution is 2.48. The molecule has 1 amide bonds. The average Bonchev–Trinajstić information content (AvgIpc) is 3.30. The summed E-state index contributed by atoms with van der Waals surface area (Å²) in [7, 11) is 0. The summed E-state index contributed by atoms with van der Waals surface area (Å²) in [5.74, 6) is 0.00686. The molecule has 3 aromatic rings. The SMILES string of the molecule is CCn1c(NC(=O)C2CC2c2ccccc2F)nc2ccccc21. The first-order valence-electron chi connectivity index (χ1n) is 8.19. The van der Waals surface area contributed by atoms with Gasteiger partial charge in [-0.1, -0.05) is 30.3 Å². The van der Waals surface area contributed by atoms with E-state index in [1.165, 1.54) is 6.07 Å². The molecule has 5 heteroatoms. The van der Waals surface area contributed by atoms with Crippen molar-refractivity contribution in [1.29, 1.82) is 0 Å². The zero-order valence-corrected chi connectivity index (χ0v) is 13.4. The molecule has 1 fully saturated rings. The maximum atomic E-state index is 13.9. The Morgan fingerprint density at radius 2 is 2.00 bits per heavy atom. The van der Waals surface area contributed by atoms with E-state index in [9.17, 15) is 9.18 Å². The molecule has 122 valence electrons. The van der Waals surface area contributed by atoms with Crippen LogP contribution in [0.4, 0.5) is 10.3 Å². The van der Waals surface area contributed by atoms with Crippen LogP contribution >= 0.6 is 0 Å². The van der Waals surface area contributed by atoms with Gasteiger partial charge in [-0.25, -0.2) is 9.37 Å². The van der Waals surface area contributed by atoms with Gasteiger partial charge in [0, 0.05) is 12.5 Å². The van der Waals surface area contributed by atoms with Crippen molar-refractivity contribution in [3.05, 3.63) is 59.9 Å². The number of aryl methyl sites for hydroxylation is 1. The molecule has 0 radical (unpaired) electrons. The monoisotopic (exact) mass is 323 g/mol. The number of aromatic nitrogens is 2. The number of imidazole rings is 1. The number of amides is 1. The largest absolute Gasteiger partial charge is 0.310 e. The number of benzene rings is 2. The van der Waals surface area contributed by atoms with E-state index < -0.39 is 0 Å². The summed E-state index contributed by atoms with van der Waals surface area (Å²) in [6.07, 6.45) is 0.680. The summed E-state index contributed by atoms with van der Waals surface area (Å²) in [4.78, 5) is 17.0. The maximum Gasteiger partial charge on any atom is 0.230 e. The van der Waals surface area contributed by atoms with Crippen molar-refractivity contribution in [2.75, 3.05) is 5.32 Å². The van der Waals surface area contributed by atoms with Gasteiger partial charge in [0.25, 0.3) is 0 Å². The Hall–Kier alpha value is -2.69. The molecule has 0 saturated heterocycles. The summed E-state index contributed by atoms with van der Waals surface area (Å²) in [5, 5.41) is 2.92. The molecule has 2 atom stereocenters. The van der Waals surface area contributed by atoms with Gasteiger partial charge in [0.15, 0.2) is 0 Å². The van der Waals surface area contributed by atoms with Gasteiger partial charge in [-0.15, -0.1) is 0 Å². The Bertz CT molecular complexity index is 918. The minimum Gasteiger partial charge on any atom is -0.310 e. The van der Waals surface area contributed by atoms with Gasteiger partial charge in [0.1, 0.15) is 5.82 Å². The lowest BCUT2D eigenvalue weighted by molar-refractivity contribution is -0.117. The van der Waals surface area contributed by atoms with E-state index >= 15 is 0 Å². The van der Waals surface area contributed by atoms with Crippen LogP contribution in [-0.2, 0) is 11.3 Å². The number of nitrogens with zero attached hydrogens (tertiary/aromatic N) is 2. The molecule has 1 saturated carbocycles. The average molecular weight is 323 g/mol. The summed E-state index contributed by atoms with van der Waals surface area (Å²) < 4.78 is 15.8. The van der Waals surface area contributed by atoms with Crippen LogP contribution in [0.2, 0.25) is 0 Å². The Morgan fingerprint density at radius 1 is 1.25 bits per heavy atom. The molecular weight excluding hydrogens is 305 g/mol. The predicted octanol–water partition coefficient (Wildman–Crippen LogP) is 3.94. The Labute approximate surface area is 139 Å². The molecule has 2 unspecified atom stereocenters. The van der Waals surface area contributed by atoms with Gasteiger partial charge >= 0.3 is 0 Å². The molecule has 1 heterocycles. The molecule has 1 aromatic heterocycles. The van der Waals surface area contributed by atoms with Gasteiger partial charge in [-0.2, -0.15) is 0 Å². The number of carbonyl (C=O) groups is 1. The number of anilines is 1. The number of hydrogen-bond donors (Lipinski definition) is 1. The molecule has 4 rings (SSSR count). The molecule has 0 aliphatic heterocycles. The van der Waals surface area contributed by atoms with Crippen molar-refractivity contribution in [3.63, 3.8) is 0 Å². The van der Waals surface area contributed by atoms with Crippen molar-refractivity contribution < 1.29 is 9.18 Å². The third-order valence-corrected chi connectivity index (χ3v) is 4.64. The first-order valence-corrected chi connectivity index (χ1v) is 8.19. The van der Waals surface area contributed by atoms with E-state index in [2.05, 4.69) is 10.3 Å². The molecule has 2 aromatic carbocycles. The van der Waals surface area contributed by atoms with Crippen LogP contribution in [0.15, 0.2) is 48.5 Å². The van der Waals surface area contributed by atoms with Gasteiger partial charge < -0.3 is 4.57 Å². The van der Waals surface area contributed by atoms with E-state index in [0.717, 1.165) is 17.6 Å². The fraction of sp³-hybridized carbons (Fsp3) is 0.263. The number of fused-ring (bicyclic) bond motifs is 1. The zero-order chi connectivity index (χ0) is 16.7. The second-order valence-electron chi connectivity index (χ2n) is 6.13. The minimum atomic E-state index is -0.237. The lowest BCUT2D eigenvalue weighted by atomic mass is 10.1. The van der Waals surface area contributed by atoms with Crippen LogP contribution in [0.3, 0.4) is 0 Å². The van der Waals surface area contributed by atoms with Crippen LogP contribution < -0.4 is 5.32 Å². The standard InChI is InChI=1S/C19H18FN3O/c1-2-23-17-10-6-5-9-16(17)21-19(23)22-18(24)14-11-13(14)12-7-3-4-8-15(12)20/h3-10,13-14H,2,11H2,1H3,(H,21,22,24). The van der Waals surface area contributed by atoms with Crippen molar-refractivity contribution in [1.82, 2.24) is 9.55 Å². The molecule has 1 N–H and O–H groups in total. The molecule has 4 nitrogen and oxygen atoms in total. The van der Waals surface area contributed by atoms with E-state index in [1.54, 1.807) is 12.1 Å². The smallest absolute Gasteiger partial charge is 0.230 e. The lowest BCUT2D eigenvalue weighted by Gasteiger charge is -2.07.